The molecule has 132 valence electrons. The molecule has 2 aromatic carbocycles. The Morgan fingerprint density at radius 2 is 1.92 bits per heavy atom. The normalized spacial score (nSPS) is 10.8. The molecule has 0 fully saturated rings. The van der Waals surface area contributed by atoms with Crippen LogP contribution >= 0.6 is 0 Å². The van der Waals surface area contributed by atoms with E-state index in [0.29, 0.717) is 5.69 Å². The van der Waals surface area contributed by atoms with Gasteiger partial charge < -0.3 is 10.1 Å². The van der Waals surface area contributed by atoms with E-state index in [-0.39, 0.29) is 22.7 Å². The molecule has 0 unspecified atom stereocenters. The molecule has 0 bridgehead atoms. The number of rotatable bonds is 6. The molecule has 0 aliphatic carbocycles. The van der Waals surface area contributed by atoms with Crippen LogP contribution < -0.4 is 14.8 Å². The van der Waals surface area contributed by atoms with Crippen molar-refractivity contribution < 1.29 is 22.9 Å². The maximum atomic E-state index is 12.2. The van der Waals surface area contributed by atoms with Crippen molar-refractivity contribution in [1.29, 1.82) is 0 Å². The lowest BCUT2D eigenvalue weighted by molar-refractivity contribution is -0.384. The molecular weight excluding hydrogens is 350 g/mol. The summed E-state index contributed by atoms with van der Waals surface area (Å²) in [5, 5.41) is 13.3. The predicted molar refractivity (Wildman–Crippen MR) is 92.5 cm³/mol. The molecule has 0 heterocycles. The number of carbonyl (C=O) groups excluding carboxylic acids is 1. The summed E-state index contributed by atoms with van der Waals surface area (Å²) in [6.45, 7) is 0. The van der Waals surface area contributed by atoms with Gasteiger partial charge in [-0.05, 0) is 24.3 Å². The van der Waals surface area contributed by atoms with E-state index in [1.807, 2.05) is 0 Å². The van der Waals surface area contributed by atoms with Crippen LogP contribution in [0, 0.1) is 10.1 Å². The van der Waals surface area contributed by atoms with Crippen LogP contribution in [0.25, 0.3) is 0 Å². The van der Waals surface area contributed by atoms with Gasteiger partial charge in [-0.2, -0.15) is 0 Å². The summed E-state index contributed by atoms with van der Waals surface area (Å²) >= 11 is 0. The zero-order valence-electron chi connectivity index (χ0n) is 13.3. The number of nitrogens with one attached hydrogen (secondary N) is 2. The third-order valence-corrected chi connectivity index (χ3v) is 3.66. The first-order chi connectivity index (χ1) is 11.7. The van der Waals surface area contributed by atoms with Crippen LogP contribution in [-0.2, 0) is 10.0 Å². The van der Waals surface area contributed by atoms with E-state index in [1.165, 1.54) is 43.5 Å². The molecular formula is C15H15N3O6S. The first kappa shape index (κ1) is 18.2. The first-order valence-electron chi connectivity index (χ1n) is 6.91. The highest BCUT2D eigenvalue weighted by atomic mass is 32.2. The molecule has 2 aromatic rings. The number of sulfonamides is 1. The molecule has 0 spiro atoms. The van der Waals surface area contributed by atoms with Gasteiger partial charge in [0.1, 0.15) is 5.75 Å². The predicted octanol–water partition coefficient (Wildman–Crippen LogP) is 2.23. The van der Waals surface area contributed by atoms with Crippen molar-refractivity contribution >= 4 is 33.0 Å². The van der Waals surface area contributed by atoms with Gasteiger partial charge in [0, 0.05) is 23.4 Å². The largest absolute Gasteiger partial charge is 0.495 e. The minimum Gasteiger partial charge on any atom is -0.495 e. The molecule has 0 radical (unpaired) electrons. The number of nitro benzene ring substituents is 1. The van der Waals surface area contributed by atoms with E-state index in [0.717, 1.165) is 12.3 Å². The van der Waals surface area contributed by atoms with Crippen molar-refractivity contribution in [3.63, 3.8) is 0 Å². The molecule has 10 heteroatoms. The highest BCUT2D eigenvalue weighted by Crippen LogP contribution is 2.29. The molecule has 0 saturated heterocycles. The summed E-state index contributed by atoms with van der Waals surface area (Å²) in [4.78, 5) is 22.4. The van der Waals surface area contributed by atoms with Gasteiger partial charge in [0.15, 0.2) is 0 Å². The smallest absolute Gasteiger partial charge is 0.270 e. The number of anilines is 2. The maximum Gasteiger partial charge on any atom is 0.270 e. The van der Waals surface area contributed by atoms with E-state index in [1.54, 1.807) is 0 Å². The minimum absolute atomic E-state index is 0.0997. The fourth-order valence-electron chi connectivity index (χ4n) is 2.03. The topological polar surface area (TPSA) is 128 Å². The average molecular weight is 365 g/mol. The number of methoxy groups -OCH3 is 1. The van der Waals surface area contributed by atoms with Crippen LogP contribution in [0.15, 0.2) is 42.5 Å². The standard InChI is InChI=1S/C15H15N3O6S/c1-24-14-7-6-11(9-13(14)17-25(2,22)23)16-15(19)10-4-3-5-12(8-10)18(20)21/h3-9,17H,1-2H3,(H,16,19). The molecule has 1 amide bonds. The second-order valence-electron chi connectivity index (χ2n) is 5.05. The Morgan fingerprint density at radius 3 is 2.52 bits per heavy atom. The van der Waals surface area contributed by atoms with Gasteiger partial charge in [-0.25, -0.2) is 8.42 Å². The number of nitrogens with zero attached hydrogens (tertiary/aromatic N) is 1. The summed E-state index contributed by atoms with van der Waals surface area (Å²) in [5.74, 6) is -0.294. The quantitative estimate of drug-likeness (QED) is 0.597. The third-order valence-electron chi connectivity index (χ3n) is 3.07. The molecule has 2 rings (SSSR count). The Bertz CT molecular complexity index is 927. The van der Waals surface area contributed by atoms with E-state index >= 15 is 0 Å². The van der Waals surface area contributed by atoms with Crippen LogP contribution in [0.1, 0.15) is 10.4 Å². The summed E-state index contributed by atoms with van der Waals surface area (Å²) < 4.78 is 30.2. The lowest BCUT2D eigenvalue weighted by Crippen LogP contribution is -2.14. The van der Waals surface area contributed by atoms with Gasteiger partial charge in [-0.3, -0.25) is 19.6 Å². The number of nitro groups is 1. The molecule has 0 atom stereocenters. The van der Waals surface area contributed by atoms with Gasteiger partial charge in [0.2, 0.25) is 10.0 Å². The van der Waals surface area contributed by atoms with E-state index in [2.05, 4.69) is 10.0 Å². The number of hydrogen-bond acceptors (Lipinski definition) is 6. The fourth-order valence-corrected chi connectivity index (χ4v) is 2.59. The fraction of sp³-hybridized carbons (Fsp3) is 0.133. The van der Waals surface area contributed by atoms with Gasteiger partial charge >= 0.3 is 0 Å². The monoisotopic (exact) mass is 365 g/mol. The Morgan fingerprint density at radius 1 is 1.20 bits per heavy atom. The summed E-state index contributed by atoms with van der Waals surface area (Å²) in [6, 6.07) is 9.64. The van der Waals surface area contributed by atoms with Crippen molar-refractivity contribution in [1.82, 2.24) is 0 Å². The SMILES string of the molecule is COc1ccc(NC(=O)c2cccc([N+](=O)[O-])c2)cc1NS(C)(=O)=O. The molecule has 2 N–H and O–H groups in total. The lowest BCUT2D eigenvalue weighted by atomic mass is 10.2. The Hall–Kier alpha value is -3.14. The Kier molecular flexibility index (Phi) is 5.22. The first-order valence-corrected chi connectivity index (χ1v) is 8.80. The van der Waals surface area contributed by atoms with E-state index < -0.39 is 20.9 Å². The van der Waals surface area contributed by atoms with E-state index in [9.17, 15) is 23.3 Å². The Balaban J connectivity index is 2.27. The zero-order chi connectivity index (χ0) is 18.6. The van der Waals surface area contributed by atoms with E-state index in [4.69, 9.17) is 4.74 Å². The van der Waals surface area contributed by atoms with Crippen molar-refractivity contribution in [3.05, 3.63) is 58.1 Å². The second-order valence-corrected chi connectivity index (χ2v) is 6.80. The van der Waals surface area contributed by atoms with Crippen molar-refractivity contribution in [2.24, 2.45) is 0 Å². The van der Waals surface area contributed by atoms with Crippen molar-refractivity contribution in [3.8, 4) is 5.75 Å². The maximum absolute atomic E-state index is 12.2. The summed E-state index contributed by atoms with van der Waals surface area (Å²) in [5.41, 5.74) is 0.342. The average Bonchev–Trinajstić information content (AvgIpc) is 2.53. The van der Waals surface area contributed by atoms with Crippen LogP contribution in [-0.4, -0.2) is 32.6 Å². The number of hydrogen-bond donors (Lipinski definition) is 2. The van der Waals surface area contributed by atoms with Crippen LogP contribution in [0.5, 0.6) is 5.75 Å². The lowest BCUT2D eigenvalue weighted by Gasteiger charge is -2.12. The van der Waals surface area contributed by atoms with Crippen molar-refractivity contribution in [2.45, 2.75) is 0 Å². The Labute approximate surface area is 143 Å². The second kappa shape index (κ2) is 7.18. The van der Waals surface area contributed by atoms with Crippen LogP contribution in [0.2, 0.25) is 0 Å². The number of benzene rings is 2. The number of non-ortho nitro benzene ring substituents is 1. The molecule has 0 aromatic heterocycles. The van der Waals surface area contributed by atoms with Crippen LogP contribution in [0.3, 0.4) is 0 Å². The third kappa shape index (κ3) is 4.91. The minimum atomic E-state index is -3.54. The molecule has 0 aliphatic heterocycles. The summed E-state index contributed by atoms with van der Waals surface area (Å²) in [6.07, 6.45) is 0.987. The van der Waals surface area contributed by atoms with Crippen LogP contribution in [0.4, 0.5) is 17.1 Å². The van der Waals surface area contributed by atoms with Gasteiger partial charge in [-0.15, -0.1) is 0 Å². The number of carbonyl (C=O) groups is 1. The molecule has 9 nitrogen and oxygen atoms in total. The van der Waals surface area contributed by atoms with Gasteiger partial charge in [-0.1, -0.05) is 6.07 Å². The molecule has 0 aliphatic rings. The van der Waals surface area contributed by atoms with Gasteiger partial charge in [0.25, 0.3) is 11.6 Å². The number of ether oxygens (including phenoxy) is 1. The van der Waals surface area contributed by atoms with Gasteiger partial charge in [0.05, 0.1) is 24.0 Å². The molecule has 0 saturated carbocycles. The highest BCUT2D eigenvalue weighted by Gasteiger charge is 2.14. The number of amides is 1. The zero-order valence-corrected chi connectivity index (χ0v) is 14.2. The molecule has 25 heavy (non-hydrogen) atoms. The summed E-state index contributed by atoms with van der Waals surface area (Å²) in [7, 11) is -2.16. The highest BCUT2D eigenvalue weighted by molar-refractivity contribution is 7.92. The van der Waals surface area contributed by atoms with Crippen molar-refractivity contribution in [2.75, 3.05) is 23.4 Å².